The Bertz CT molecular complexity index is 1100. The molecule has 1 aliphatic carbocycles. The first-order chi connectivity index (χ1) is 27.8. The third-order valence-corrected chi connectivity index (χ3v) is 12.0. The molecule has 0 aromatic heterocycles. The first-order valence-electron chi connectivity index (χ1n) is 22.9. The van der Waals surface area contributed by atoms with Crippen molar-refractivity contribution in [3.8, 4) is 0 Å². The van der Waals surface area contributed by atoms with Crippen LogP contribution in [-0.4, -0.2) is 108 Å². The van der Waals surface area contributed by atoms with Crippen molar-refractivity contribution in [1.82, 2.24) is 5.32 Å². The molecule has 0 spiro atoms. The quantitative estimate of drug-likeness (QED) is 0.0172. The minimum Gasteiger partial charge on any atom is -0.393 e. The number of aliphatic hydroxyl groups excluding tert-OH is 7. The zero-order chi connectivity index (χ0) is 43.0. The fourth-order valence-electron chi connectivity index (χ4n) is 7.26. The lowest BCUT2D eigenvalue weighted by Crippen LogP contribution is -2.64. The first kappa shape index (κ1) is 54.8. The summed E-state index contributed by atoms with van der Waals surface area (Å²) >= 11 is 0. The lowest BCUT2D eigenvalue weighted by Gasteiger charge is -2.41. The minimum atomic E-state index is -5.14. The largest absolute Gasteiger partial charge is 0.472 e. The van der Waals surface area contributed by atoms with Crippen molar-refractivity contribution in [2.45, 2.75) is 242 Å². The van der Waals surface area contributed by atoms with Crippen LogP contribution in [0, 0.1) is 0 Å². The molecule has 0 radical (unpaired) electrons. The molecule has 342 valence electrons. The van der Waals surface area contributed by atoms with Crippen LogP contribution in [0.4, 0.5) is 0 Å². The van der Waals surface area contributed by atoms with Gasteiger partial charge < -0.3 is 46.0 Å². The highest BCUT2D eigenvalue weighted by molar-refractivity contribution is 7.47. The molecule has 1 saturated carbocycles. The lowest BCUT2D eigenvalue weighted by molar-refractivity contribution is -0.220. The van der Waals surface area contributed by atoms with E-state index in [2.05, 4.69) is 31.3 Å². The smallest absolute Gasteiger partial charge is 0.393 e. The van der Waals surface area contributed by atoms with Gasteiger partial charge in [-0.15, -0.1) is 0 Å². The number of rotatable bonds is 37. The number of nitrogens with one attached hydrogen (secondary N) is 1. The Hall–Kier alpha value is -1.22. The van der Waals surface area contributed by atoms with Crippen LogP contribution in [0.5, 0.6) is 0 Å². The molecule has 0 aromatic rings. The summed E-state index contributed by atoms with van der Waals surface area (Å²) in [7, 11) is -5.14. The summed E-state index contributed by atoms with van der Waals surface area (Å²) in [4.78, 5) is 23.3. The number of aliphatic hydroxyl groups is 7. The predicted octanol–water partition coefficient (Wildman–Crippen LogP) is 7.20. The van der Waals surface area contributed by atoms with E-state index < -0.39 is 75.2 Å². The maximum absolute atomic E-state index is 12.9. The molecular formula is C44H84NO12P. The number of allylic oxidation sites excluding steroid dienone is 3. The van der Waals surface area contributed by atoms with Crippen molar-refractivity contribution in [3.05, 3.63) is 24.3 Å². The highest BCUT2D eigenvalue weighted by Crippen LogP contribution is 2.47. The van der Waals surface area contributed by atoms with Crippen molar-refractivity contribution in [1.29, 1.82) is 0 Å². The molecular weight excluding hydrogens is 765 g/mol. The Kier molecular flexibility index (Phi) is 32.5. The Morgan fingerprint density at radius 2 is 1.02 bits per heavy atom. The molecule has 1 fully saturated rings. The third kappa shape index (κ3) is 26.2. The normalized spacial score (nSPS) is 24.0. The van der Waals surface area contributed by atoms with E-state index in [4.69, 9.17) is 9.05 Å². The van der Waals surface area contributed by atoms with Gasteiger partial charge in [-0.1, -0.05) is 173 Å². The van der Waals surface area contributed by atoms with Crippen LogP contribution >= 0.6 is 7.82 Å². The molecule has 14 heteroatoms. The molecule has 0 heterocycles. The fourth-order valence-corrected chi connectivity index (χ4v) is 8.22. The van der Waals surface area contributed by atoms with E-state index in [0.29, 0.717) is 12.8 Å². The van der Waals surface area contributed by atoms with Gasteiger partial charge in [-0.05, 0) is 32.1 Å². The highest BCUT2D eigenvalue weighted by atomic mass is 31.2. The van der Waals surface area contributed by atoms with E-state index in [0.717, 1.165) is 44.9 Å². The number of hydrogen-bond acceptors (Lipinski definition) is 11. The van der Waals surface area contributed by atoms with Gasteiger partial charge in [0.25, 0.3) is 0 Å². The second-order valence-corrected chi connectivity index (χ2v) is 17.8. The van der Waals surface area contributed by atoms with E-state index in [-0.39, 0.29) is 6.42 Å². The molecule has 1 amide bonds. The summed E-state index contributed by atoms with van der Waals surface area (Å²) in [5, 5.41) is 74.2. The Morgan fingerprint density at radius 3 is 1.52 bits per heavy atom. The van der Waals surface area contributed by atoms with Crippen molar-refractivity contribution in [2.75, 3.05) is 6.61 Å². The Labute approximate surface area is 350 Å². The van der Waals surface area contributed by atoms with Crippen LogP contribution in [0.2, 0.25) is 0 Å². The van der Waals surface area contributed by atoms with Crippen molar-refractivity contribution < 1.29 is 59.0 Å². The number of carbonyl (C=O) groups excluding carboxylic acids is 1. The van der Waals surface area contributed by atoms with Gasteiger partial charge in [-0.25, -0.2) is 4.57 Å². The van der Waals surface area contributed by atoms with Crippen molar-refractivity contribution in [2.24, 2.45) is 0 Å². The molecule has 0 bridgehead atoms. The van der Waals surface area contributed by atoms with E-state index in [1.807, 2.05) is 0 Å². The molecule has 1 rings (SSSR count). The van der Waals surface area contributed by atoms with Gasteiger partial charge in [0.2, 0.25) is 5.91 Å². The summed E-state index contributed by atoms with van der Waals surface area (Å²) < 4.78 is 22.8. The van der Waals surface area contributed by atoms with Crippen LogP contribution in [0.15, 0.2) is 24.3 Å². The topological polar surface area (TPSA) is 226 Å². The summed E-state index contributed by atoms with van der Waals surface area (Å²) in [6.07, 6.45) is 22.9. The molecule has 13 nitrogen and oxygen atoms in total. The number of amides is 1. The van der Waals surface area contributed by atoms with Gasteiger partial charge in [0.05, 0.1) is 31.3 Å². The first-order valence-corrected chi connectivity index (χ1v) is 24.4. The Balaban J connectivity index is 2.57. The van der Waals surface area contributed by atoms with Gasteiger partial charge in [-0.2, -0.15) is 0 Å². The number of phosphoric acid groups is 1. The lowest BCUT2D eigenvalue weighted by atomic mass is 9.85. The van der Waals surface area contributed by atoms with Crippen molar-refractivity contribution >= 4 is 13.7 Å². The minimum absolute atomic E-state index is 0.250. The zero-order valence-corrected chi connectivity index (χ0v) is 36.9. The molecule has 58 heavy (non-hydrogen) atoms. The van der Waals surface area contributed by atoms with E-state index in [9.17, 15) is 50.0 Å². The summed E-state index contributed by atoms with van der Waals surface area (Å²) in [5.41, 5.74) is 0. The van der Waals surface area contributed by atoms with Crippen LogP contribution in [0.1, 0.15) is 187 Å². The number of carbonyl (C=O) groups is 1. The molecule has 8 atom stereocenters. The average Bonchev–Trinajstić information content (AvgIpc) is 3.19. The van der Waals surface area contributed by atoms with Crippen LogP contribution in [-0.2, 0) is 18.4 Å². The molecule has 0 aliphatic heterocycles. The predicted molar refractivity (Wildman–Crippen MR) is 229 cm³/mol. The van der Waals surface area contributed by atoms with Gasteiger partial charge in [0.15, 0.2) is 0 Å². The second-order valence-electron chi connectivity index (χ2n) is 16.4. The second kappa shape index (κ2) is 34.4. The van der Waals surface area contributed by atoms with Crippen LogP contribution in [0.25, 0.3) is 0 Å². The molecule has 8 unspecified atom stereocenters. The van der Waals surface area contributed by atoms with Crippen LogP contribution in [0.3, 0.4) is 0 Å². The third-order valence-electron chi connectivity index (χ3n) is 11.0. The summed E-state index contributed by atoms with van der Waals surface area (Å²) in [5.74, 6) is -0.604. The molecule has 9 N–H and O–H groups in total. The van der Waals surface area contributed by atoms with Crippen molar-refractivity contribution in [3.63, 3.8) is 0 Å². The van der Waals surface area contributed by atoms with E-state index >= 15 is 0 Å². The average molecular weight is 850 g/mol. The Morgan fingerprint density at radius 1 is 0.603 bits per heavy atom. The van der Waals surface area contributed by atoms with Gasteiger partial charge in [-0.3, -0.25) is 13.8 Å². The molecule has 1 aliphatic rings. The fraction of sp³-hybridized carbons (Fsp3) is 0.886. The van der Waals surface area contributed by atoms with Gasteiger partial charge in [0.1, 0.15) is 36.6 Å². The SMILES string of the molecule is CCCCCCCCCCCCCCC/C=C/CC/C=C/C(O)C(COP(=O)(O)OC1C(O)C(O)C(O)C(O)C1O)NC(=O)CC(O)CCCCCCCCCCC. The maximum atomic E-state index is 12.9. The summed E-state index contributed by atoms with van der Waals surface area (Å²) in [6, 6.07) is -1.25. The number of unbranched alkanes of at least 4 members (excludes halogenated alkanes) is 22. The summed E-state index contributed by atoms with van der Waals surface area (Å²) in [6.45, 7) is 3.70. The van der Waals surface area contributed by atoms with Gasteiger partial charge >= 0.3 is 7.82 Å². The van der Waals surface area contributed by atoms with E-state index in [1.54, 1.807) is 6.08 Å². The maximum Gasteiger partial charge on any atom is 0.472 e. The monoisotopic (exact) mass is 850 g/mol. The standard InChI is InChI=1S/C44H84NO12P/c1-3-5-7-9-11-13-14-15-16-17-18-19-20-21-22-24-26-28-30-32-37(47)36(45-38(48)33-35(46)31-29-27-25-23-12-10-8-6-4-2)34-56-58(54,55)57-44-42(52)40(50)39(49)41(51)43(44)53/h22,24,30,32,35-37,39-44,46-47,49-53H,3-21,23,25-29,31,33-34H2,1-2H3,(H,45,48)(H,54,55)/b24-22+,32-30+. The van der Waals surface area contributed by atoms with E-state index in [1.165, 1.54) is 115 Å². The zero-order valence-electron chi connectivity index (χ0n) is 36.0. The van der Waals surface area contributed by atoms with Gasteiger partial charge in [0, 0.05) is 0 Å². The number of phosphoric ester groups is 1. The highest BCUT2D eigenvalue weighted by Gasteiger charge is 2.51. The molecule has 0 saturated heterocycles. The van der Waals surface area contributed by atoms with Crippen LogP contribution < -0.4 is 5.32 Å². The number of hydrogen-bond donors (Lipinski definition) is 9. The molecule has 0 aromatic carbocycles.